The van der Waals surface area contributed by atoms with Gasteiger partial charge in [-0.15, -0.1) is 0 Å². The van der Waals surface area contributed by atoms with Gasteiger partial charge < -0.3 is 24.4 Å². The fourth-order valence-corrected chi connectivity index (χ4v) is 4.09. The molecule has 1 N–H and O–H groups in total. The van der Waals surface area contributed by atoms with Gasteiger partial charge in [-0.3, -0.25) is 14.7 Å². The predicted molar refractivity (Wildman–Crippen MR) is 111 cm³/mol. The van der Waals surface area contributed by atoms with Gasteiger partial charge in [-0.05, 0) is 13.8 Å². The van der Waals surface area contributed by atoms with E-state index >= 15 is 0 Å². The number of aromatic nitrogens is 1. The van der Waals surface area contributed by atoms with Crippen molar-refractivity contribution < 1.29 is 14.1 Å². The molecule has 0 saturated carbocycles. The van der Waals surface area contributed by atoms with Crippen molar-refractivity contribution in [3.05, 3.63) is 17.0 Å². The molecular formula is C20H34N6O3. The third kappa shape index (κ3) is 5.48. The van der Waals surface area contributed by atoms with Gasteiger partial charge in [-0.25, -0.2) is 0 Å². The minimum atomic E-state index is 0.206. The Morgan fingerprint density at radius 1 is 1.14 bits per heavy atom. The average molecular weight is 407 g/mol. The van der Waals surface area contributed by atoms with Crippen LogP contribution in [0.15, 0.2) is 9.52 Å². The number of nitrogens with zero attached hydrogens (tertiary/aromatic N) is 5. The molecule has 1 unspecified atom stereocenters. The average Bonchev–Trinajstić information content (AvgIpc) is 3.08. The van der Waals surface area contributed by atoms with Gasteiger partial charge in [0.2, 0.25) is 5.91 Å². The largest absolute Gasteiger partial charge is 0.378 e. The van der Waals surface area contributed by atoms with Gasteiger partial charge in [-0.2, -0.15) is 0 Å². The molecule has 3 rings (SSSR count). The molecule has 0 spiro atoms. The summed E-state index contributed by atoms with van der Waals surface area (Å²) in [6, 6.07) is 0. The molecule has 0 aliphatic carbocycles. The molecule has 0 aromatic carbocycles. The summed E-state index contributed by atoms with van der Waals surface area (Å²) >= 11 is 0. The zero-order valence-corrected chi connectivity index (χ0v) is 18.1. The molecule has 0 bridgehead atoms. The lowest BCUT2D eigenvalue weighted by atomic mass is 10.00. The van der Waals surface area contributed by atoms with E-state index in [0.29, 0.717) is 32.8 Å². The lowest BCUT2D eigenvalue weighted by Crippen LogP contribution is -2.55. The van der Waals surface area contributed by atoms with Gasteiger partial charge in [0.15, 0.2) is 5.96 Å². The van der Waals surface area contributed by atoms with Crippen molar-refractivity contribution >= 4 is 11.9 Å². The number of hydrogen-bond acceptors (Lipinski definition) is 6. The van der Waals surface area contributed by atoms with Crippen molar-refractivity contribution in [3.8, 4) is 0 Å². The number of rotatable bonds is 5. The van der Waals surface area contributed by atoms with E-state index in [9.17, 15) is 4.79 Å². The number of piperazine rings is 1. The number of aryl methyl sites for hydroxylation is 2. The Hall–Kier alpha value is -2.13. The van der Waals surface area contributed by atoms with Crippen molar-refractivity contribution in [2.75, 3.05) is 72.6 Å². The van der Waals surface area contributed by atoms with Crippen molar-refractivity contribution in [2.45, 2.75) is 26.7 Å². The maximum absolute atomic E-state index is 12.4. The monoisotopic (exact) mass is 406 g/mol. The molecule has 2 saturated heterocycles. The normalized spacial score (nSPS) is 20.1. The first-order valence-electron chi connectivity index (χ1n) is 10.5. The zero-order chi connectivity index (χ0) is 20.8. The lowest BCUT2D eigenvalue weighted by Gasteiger charge is -2.37. The van der Waals surface area contributed by atoms with Gasteiger partial charge in [0.05, 0.1) is 25.5 Å². The van der Waals surface area contributed by atoms with Crippen LogP contribution in [0.25, 0.3) is 0 Å². The molecule has 0 radical (unpaired) electrons. The number of ether oxygens (including phenoxy) is 1. The minimum absolute atomic E-state index is 0.206. The smallest absolute Gasteiger partial charge is 0.236 e. The Kier molecular flexibility index (Phi) is 7.49. The van der Waals surface area contributed by atoms with Crippen LogP contribution < -0.4 is 5.32 Å². The summed E-state index contributed by atoms with van der Waals surface area (Å²) in [7, 11) is 1.82. The number of morpholine rings is 1. The quantitative estimate of drug-likeness (QED) is 0.561. The number of carbonyl (C=O) groups is 1. The van der Waals surface area contributed by atoms with Crippen LogP contribution in [0.2, 0.25) is 0 Å². The Bertz CT molecular complexity index is 686. The second-order valence-corrected chi connectivity index (χ2v) is 7.82. The van der Waals surface area contributed by atoms with Crippen LogP contribution in [0.5, 0.6) is 0 Å². The third-order valence-electron chi connectivity index (χ3n) is 5.75. The van der Waals surface area contributed by atoms with Gasteiger partial charge >= 0.3 is 0 Å². The molecule has 1 aromatic rings. The summed E-state index contributed by atoms with van der Waals surface area (Å²) in [6.07, 6.45) is 0. The number of hydrogen-bond donors (Lipinski definition) is 1. The predicted octanol–water partition coefficient (Wildman–Crippen LogP) is 0.447. The second kappa shape index (κ2) is 10.1. The summed E-state index contributed by atoms with van der Waals surface area (Å²) in [4.78, 5) is 23.3. The summed E-state index contributed by atoms with van der Waals surface area (Å²) < 4.78 is 10.6. The topological polar surface area (TPSA) is 86.4 Å². The molecule has 9 heteroatoms. The van der Waals surface area contributed by atoms with Crippen molar-refractivity contribution in [1.82, 2.24) is 25.2 Å². The maximum atomic E-state index is 12.4. The molecule has 1 amide bonds. The Morgan fingerprint density at radius 3 is 2.41 bits per heavy atom. The fourth-order valence-electron chi connectivity index (χ4n) is 4.09. The first-order valence-corrected chi connectivity index (χ1v) is 10.5. The summed E-state index contributed by atoms with van der Waals surface area (Å²) in [6.45, 7) is 13.5. The number of aliphatic imine (C=N–C) groups is 1. The van der Waals surface area contributed by atoms with Crippen LogP contribution >= 0.6 is 0 Å². The molecule has 9 nitrogen and oxygen atoms in total. The van der Waals surface area contributed by atoms with Gasteiger partial charge in [0.25, 0.3) is 0 Å². The van der Waals surface area contributed by atoms with Crippen LogP contribution in [0.4, 0.5) is 0 Å². The first kappa shape index (κ1) is 21.6. The van der Waals surface area contributed by atoms with E-state index in [0.717, 1.165) is 50.1 Å². The number of nitrogens with one attached hydrogen (secondary N) is 1. The molecule has 1 aromatic heterocycles. The Morgan fingerprint density at radius 2 is 1.83 bits per heavy atom. The van der Waals surface area contributed by atoms with Gasteiger partial charge in [-0.1, -0.05) is 12.1 Å². The van der Waals surface area contributed by atoms with E-state index < -0.39 is 0 Å². The third-order valence-corrected chi connectivity index (χ3v) is 5.75. The molecule has 162 valence electrons. The molecule has 2 aliphatic rings. The molecule has 3 heterocycles. The molecular weight excluding hydrogens is 372 g/mol. The van der Waals surface area contributed by atoms with Crippen molar-refractivity contribution in [2.24, 2.45) is 4.99 Å². The zero-order valence-electron chi connectivity index (χ0n) is 18.1. The highest BCUT2D eigenvalue weighted by Gasteiger charge is 2.25. The van der Waals surface area contributed by atoms with Crippen LogP contribution in [-0.2, 0) is 9.53 Å². The minimum Gasteiger partial charge on any atom is -0.378 e. The van der Waals surface area contributed by atoms with E-state index in [2.05, 4.69) is 32.2 Å². The standard InChI is InChI=1S/C20H34N6O3/c1-15(19-16(2)23-29-17(19)3)13-22-20(21-4)26-7-5-24(6-8-26)14-18(27)25-9-11-28-12-10-25/h15H,5-14H2,1-4H3,(H,21,22). The highest BCUT2D eigenvalue weighted by atomic mass is 16.5. The van der Waals surface area contributed by atoms with Crippen LogP contribution in [0, 0.1) is 13.8 Å². The number of carbonyl (C=O) groups excluding carboxylic acids is 1. The van der Waals surface area contributed by atoms with Crippen LogP contribution in [0.1, 0.15) is 29.9 Å². The summed E-state index contributed by atoms with van der Waals surface area (Å²) in [5.74, 6) is 2.27. The molecule has 2 aliphatic heterocycles. The van der Waals surface area contributed by atoms with E-state index in [1.54, 1.807) is 0 Å². The SMILES string of the molecule is CN=C(NCC(C)c1c(C)noc1C)N1CCN(CC(=O)N2CCOCC2)CC1. The summed E-state index contributed by atoms with van der Waals surface area (Å²) in [5.41, 5.74) is 2.12. The van der Waals surface area contributed by atoms with E-state index in [1.807, 2.05) is 25.8 Å². The molecule has 1 atom stereocenters. The highest BCUT2D eigenvalue weighted by molar-refractivity contribution is 5.80. The number of amides is 1. The summed E-state index contributed by atoms with van der Waals surface area (Å²) in [5, 5.41) is 7.54. The second-order valence-electron chi connectivity index (χ2n) is 7.82. The van der Waals surface area contributed by atoms with E-state index in [-0.39, 0.29) is 11.8 Å². The van der Waals surface area contributed by atoms with Crippen molar-refractivity contribution in [3.63, 3.8) is 0 Å². The van der Waals surface area contributed by atoms with Crippen molar-refractivity contribution in [1.29, 1.82) is 0 Å². The van der Waals surface area contributed by atoms with Crippen LogP contribution in [-0.4, -0.2) is 104 Å². The van der Waals surface area contributed by atoms with Gasteiger partial charge in [0, 0.05) is 64.3 Å². The Balaban J connectivity index is 1.44. The highest BCUT2D eigenvalue weighted by Crippen LogP contribution is 2.22. The van der Waals surface area contributed by atoms with Gasteiger partial charge in [0.1, 0.15) is 5.76 Å². The Labute approximate surface area is 173 Å². The maximum Gasteiger partial charge on any atom is 0.236 e. The first-order chi connectivity index (χ1) is 14.0. The fraction of sp³-hybridized carbons (Fsp3) is 0.750. The molecule has 29 heavy (non-hydrogen) atoms. The van der Waals surface area contributed by atoms with Crippen LogP contribution in [0.3, 0.4) is 0 Å². The molecule has 2 fully saturated rings. The van der Waals surface area contributed by atoms with E-state index in [4.69, 9.17) is 9.26 Å². The lowest BCUT2D eigenvalue weighted by molar-refractivity contribution is -0.136. The number of guanidine groups is 1. The van der Waals surface area contributed by atoms with E-state index in [1.165, 1.54) is 5.56 Å².